The van der Waals surface area contributed by atoms with E-state index in [1.165, 1.54) is 17.3 Å². The van der Waals surface area contributed by atoms with Crippen molar-refractivity contribution >= 4 is 35.0 Å². The lowest BCUT2D eigenvalue weighted by Gasteiger charge is -2.19. The average molecular weight is 490 g/mol. The zero-order valence-corrected chi connectivity index (χ0v) is 20.7. The van der Waals surface area contributed by atoms with Crippen molar-refractivity contribution in [3.8, 4) is 5.69 Å². The summed E-state index contributed by atoms with van der Waals surface area (Å²) in [5.74, 6) is 1.08. The zero-order valence-electron chi connectivity index (χ0n) is 19.1. The number of carbonyl (C=O) groups excluding carboxylic acids is 1. The number of carbonyl (C=O) groups is 1. The van der Waals surface area contributed by atoms with Gasteiger partial charge in [0.1, 0.15) is 0 Å². The van der Waals surface area contributed by atoms with E-state index in [4.69, 9.17) is 0 Å². The highest BCUT2D eigenvalue weighted by atomic mass is 32.2. The first kappa shape index (κ1) is 22.7. The number of nitrogens with one attached hydrogen (secondary N) is 1. The summed E-state index contributed by atoms with van der Waals surface area (Å²) >= 11 is 3.07. The lowest BCUT2D eigenvalue weighted by molar-refractivity contribution is -0.119. The second kappa shape index (κ2) is 10.4. The SMILES string of the molecule is Cc1ccc(-n2c(SCC(=O)N[C@@H](c3ccccc3)c3cccs3)nnc2N2CCCC2)cc1. The lowest BCUT2D eigenvalue weighted by Crippen LogP contribution is -2.30. The van der Waals surface area contributed by atoms with Crippen LogP contribution in [0, 0.1) is 6.92 Å². The maximum absolute atomic E-state index is 13.1. The van der Waals surface area contributed by atoms with Crippen molar-refractivity contribution in [2.24, 2.45) is 0 Å². The number of thioether (sulfide) groups is 1. The summed E-state index contributed by atoms with van der Waals surface area (Å²) in [7, 11) is 0. The first-order valence-electron chi connectivity index (χ1n) is 11.5. The Morgan fingerprint density at radius 1 is 1.03 bits per heavy atom. The Labute approximate surface area is 208 Å². The van der Waals surface area contributed by atoms with Crippen molar-refractivity contribution in [1.29, 1.82) is 0 Å². The van der Waals surface area contributed by atoms with Gasteiger partial charge in [0.05, 0.1) is 17.5 Å². The van der Waals surface area contributed by atoms with Crippen LogP contribution in [0.25, 0.3) is 5.69 Å². The summed E-state index contributed by atoms with van der Waals surface area (Å²) in [5.41, 5.74) is 3.29. The summed E-state index contributed by atoms with van der Waals surface area (Å²) in [6.45, 7) is 4.04. The molecule has 1 atom stereocenters. The standard InChI is InChI=1S/C26H27N5OS2/c1-19-11-13-21(14-12-19)31-25(30-15-5-6-16-30)28-29-26(31)34-18-23(32)27-24(22-10-7-17-33-22)20-8-3-2-4-9-20/h2-4,7-14,17,24H,5-6,15-16,18H2,1H3,(H,27,32)/t24-/m0/s1. The second-order valence-corrected chi connectivity index (χ2v) is 10.3. The van der Waals surface area contributed by atoms with Crippen LogP contribution in [0.2, 0.25) is 0 Å². The van der Waals surface area contributed by atoms with Crippen LogP contribution in [0.4, 0.5) is 5.95 Å². The molecule has 0 radical (unpaired) electrons. The third-order valence-corrected chi connectivity index (χ3v) is 7.76. The van der Waals surface area contributed by atoms with E-state index >= 15 is 0 Å². The molecule has 1 aliphatic heterocycles. The summed E-state index contributed by atoms with van der Waals surface area (Å²) in [4.78, 5) is 16.4. The van der Waals surface area contributed by atoms with E-state index in [-0.39, 0.29) is 17.7 Å². The Kier molecular flexibility index (Phi) is 6.97. The molecule has 1 N–H and O–H groups in total. The van der Waals surface area contributed by atoms with Gasteiger partial charge in [-0.15, -0.1) is 21.5 Å². The predicted octanol–water partition coefficient (Wildman–Crippen LogP) is 5.24. The third-order valence-electron chi connectivity index (χ3n) is 5.90. The minimum atomic E-state index is -0.163. The van der Waals surface area contributed by atoms with E-state index in [0.717, 1.165) is 53.2 Å². The number of rotatable bonds is 8. The van der Waals surface area contributed by atoms with E-state index in [2.05, 4.69) is 62.2 Å². The van der Waals surface area contributed by atoms with Gasteiger partial charge in [0.25, 0.3) is 0 Å². The van der Waals surface area contributed by atoms with Crippen molar-refractivity contribution in [2.75, 3.05) is 23.7 Å². The topological polar surface area (TPSA) is 63.1 Å². The van der Waals surface area contributed by atoms with Crippen LogP contribution >= 0.6 is 23.1 Å². The number of aromatic nitrogens is 3. The van der Waals surface area contributed by atoms with Crippen LogP contribution in [0.3, 0.4) is 0 Å². The molecule has 0 aliphatic carbocycles. The maximum Gasteiger partial charge on any atom is 0.232 e. The van der Waals surface area contributed by atoms with Crippen LogP contribution in [0.15, 0.2) is 77.3 Å². The van der Waals surface area contributed by atoms with Crippen LogP contribution in [0.1, 0.15) is 34.9 Å². The zero-order chi connectivity index (χ0) is 23.3. The first-order valence-corrected chi connectivity index (χ1v) is 13.3. The summed E-state index contributed by atoms with van der Waals surface area (Å²) < 4.78 is 2.08. The molecule has 34 heavy (non-hydrogen) atoms. The highest BCUT2D eigenvalue weighted by molar-refractivity contribution is 7.99. The highest BCUT2D eigenvalue weighted by Gasteiger charge is 2.24. The molecule has 1 fully saturated rings. The molecule has 0 spiro atoms. The number of aryl methyl sites for hydroxylation is 1. The van der Waals surface area contributed by atoms with E-state index in [0.29, 0.717) is 0 Å². The largest absolute Gasteiger partial charge is 0.344 e. The van der Waals surface area contributed by atoms with Crippen molar-refractivity contribution in [2.45, 2.75) is 31.0 Å². The number of amides is 1. The van der Waals surface area contributed by atoms with Crippen molar-refractivity contribution in [1.82, 2.24) is 20.1 Å². The molecule has 0 unspecified atom stereocenters. The van der Waals surface area contributed by atoms with Gasteiger partial charge in [-0.3, -0.25) is 9.36 Å². The predicted molar refractivity (Wildman–Crippen MR) is 139 cm³/mol. The maximum atomic E-state index is 13.1. The molecule has 1 amide bonds. The van der Waals surface area contributed by atoms with Gasteiger partial charge < -0.3 is 10.2 Å². The molecule has 1 saturated heterocycles. The van der Waals surface area contributed by atoms with Gasteiger partial charge >= 0.3 is 0 Å². The Morgan fingerprint density at radius 2 is 1.79 bits per heavy atom. The van der Waals surface area contributed by atoms with Gasteiger partial charge in [-0.1, -0.05) is 65.9 Å². The van der Waals surface area contributed by atoms with Crippen molar-refractivity contribution in [3.63, 3.8) is 0 Å². The normalized spacial score (nSPS) is 14.3. The molecule has 2 aromatic heterocycles. The smallest absolute Gasteiger partial charge is 0.232 e. The van der Waals surface area contributed by atoms with Gasteiger partial charge in [0.15, 0.2) is 5.16 Å². The van der Waals surface area contributed by atoms with E-state index < -0.39 is 0 Å². The van der Waals surface area contributed by atoms with E-state index in [1.54, 1.807) is 11.3 Å². The summed E-state index contributed by atoms with van der Waals surface area (Å²) in [6.07, 6.45) is 2.32. The fraction of sp³-hybridized carbons (Fsp3) is 0.269. The lowest BCUT2D eigenvalue weighted by atomic mass is 10.1. The third kappa shape index (κ3) is 5.03. The molecule has 1 aliphatic rings. The molecular formula is C26H27N5OS2. The molecule has 8 heteroatoms. The van der Waals surface area contributed by atoms with Crippen LogP contribution in [-0.2, 0) is 4.79 Å². The Hall–Kier alpha value is -3.10. The molecule has 4 aromatic rings. The quantitative estimate of drug-likeness (QED) is 0.343. The summed E-state index contributed by atoms with van der Waals surface area (Å²) in [6, 6.07) is 22.4. The van der Waals surface area contributed by atoms with E-state index in [9.17, 15) is 4.79 Å². The fourth-order valence-corrected chi connectivity index (χ4v) is 5.71. The van der Waals surface area contributed by atoms with Crippen molar-refractivity contribution < 1.29 is 4.79 Å². The van der Waals surface area contributed by atoms with Crippen LogP contribution < -0.4 is 10.2 Å². The van der Waals surface area contributed by atoms with Gasteiger partial charge in [0.2, 0.25) is 11.9 Å². The average Bonchev–Trinajstić information content (AvgIpc) is 3.64. The second-order valence-electron chi connectivity index (χ2n) is 8.36. The number of hydrogen-bond donors (Lipinski definition) is 1. The van der Waals surface area contributed by atoms with Crippen LogP contribution in [-0.4, -0.2) is 39.5 Å². The number of hydrogen-bond acceptors (Lipinski definition) is 6. The molecular weight excluding hydrogens is 462 g/mol. The molecule has 0 saturated carbocycles. The van der Waals surface area contributed by atoms with Crippen LogP contribution in [0.5, 0.6) is 0 Å². The highest BCUT2D eigenvalue weighted by Crippen LogP contribution is 2.30. The first-order chi connectivity index (χ1) is 16.7. The monoisotopic (exact) mass is 489 g/mol. The minimum Gasteiger partial charge on any atom is -0.344 e. The Bertz CT molecular complexity index is 1220. The van der Waals surface area contributed by atoms with E-state index in [1.807, 2.05) is 41.8 Å². The molecule has 6 nitrogen and oxygen atoms in total. The number of anilines is 1. The van der Waals surface area contributed by atoms with Gasteiger partial charge in [-0.25, -0.2) is 0 Å². The molecule has 174 valence electrons. The number of benzene rings is 2. The van der Waals surface area contributed by atoms with Gasteiger partial charge in [-0.05, 0) is 48.9 Å². The molecule has 0 bridgehead atoms. The number of nitrogens with zero attached hydrogens (tertiary/aromatic N) is 4. The Morgan fingerprint density at radius 3 is 2.50 bits per heavy atom. The summed E-state index contributed by atoms with van der Waals surface area (Å²) in [5, 5.41) is 15.0. The minimum absolute atomic E-state index is 0.0339. The fourth-order valence-electron chi connectivity index (χ4n) is 4.15. The Balaban J connectivity index is 1.35. The van der Waals surface area contributed by atoms with Gasteiger partial charge in [-0.2, -0.15) is 0 Å². The van der Waals surface area contributed by atoms with Crippen molar-refractivity contribution in [3.05, 3.63) is 88.1 Å². The molecule has 5 rings (SSSR count). The van der Waals surface area contributed by atoms with Gasteiger partial charge in [0, 0.05) is 18.0 Å². The number of thiophene rings is 1. The molecule has 3 heterocycles. The molecule has 2 aromatic carbocycles.